The zero-order chi connectivity index (χ0) is 24.5. The summed E-state index contributed by atoms with van der Waals surface area (Å²) in [5, 5.41) is 15.7. The molecule has 1 heterocycles. The van der Waals surface area contributed by atoms with Gasteiger partial charge in [0.25, 0.3) is 5.91 Å². The molecule has 1 N–H and O–H groups in total. The van der Waals surface area contributed by atoms with Crippen LogP contribution in [0.4, 0.5) is 5.82 Å². The number of aromatic nitrogens is 1. The summed E-state index contributed by atoms with van der Waals surface area (Å²) in [6.45, 7) is 8.75. The summed E-state index contributed by atoms with van der Waals surface area (Å²) in [4.78, 5) is 12.4. The van der Waals surface area contributed by atoms with Crippen molar-refractivity contribution in [2.75, 3.05) is 25.1 Å². The fourth-order valence-corrected chi connectivity index (χ4v) is 3.25. The molecule has 0 radical (unpaired) electrons. The van der Waals surface area contributed by atoms with E-state index in [0.717, 1.165) is 16.9 Å². The Bertz CT molecular complexity index is 1200. The molecule has 34 heavy (non-hydrogen) atoms. The van der Waals surface area contributed by atoms with Gasteiger partial charge in [0.05, 0.1) is 6.61 Å². The van der Waals surface area contributed by atoms with Crippen LogP contribution >= 0.6 is 0 Å². The predicted octanol–water partition coefficient (Wildman–Crippen LogP) is 5.00. The van der Waals surface area contributed by atoms with Gasteiger partial charge in [-0.2, -0.15) is 5.26 Å². The molecule has 2 aromatic carbocycles. The van der Waals surface area contributed by atoms with Crippen molar-refractivity contribution in [1.82, 2.24) is 5.16 Å². The van der Waals surface area contributed by atoms with Gasteiger partial charge in [-0.15, -0.1) is 0 Å². The lowest BCUT2D eigenvalue weighted by Crippen LogP contribution is -2.13. The summed E-state index contributed by atoms with van der Waals surface area (Å²) in [6, 6.07) is 14.7. The number of anilines is 1. The van der Waals surface area contributed by atoms with Crippen molar-refractivity contribution < 1.29 is 23.5 Å². The van der Waals surface area contributed by atoms with Crippen LogP contribution in [0.15, 0.2) is 52.6 Å². The number of nitrogens with zero attached hydrogens (tertiary/aromatic N) is 2. The Hall–Kier alpha value is -4.25. The van der Waals surface area contributed by atoms with Crippen molar-refractivity contribution in [3.05, 3.63) is 70.5 Å². The smallest absolute Gasteiger partial charge is 0.267 e. The second-order valence-corrected chi connectivity index (χ2v) is 7.61. The topological polar surface area (TPSA) is 107 Å². The average Bonchev–Trinajstić information content (AvgIpc) is 3.20. The number of hydrogen-bond donors (Lipinski definition) is 1. The van der Waals surface area contributed by atoms with E-state index in [4.69, 9.17) is 18.7 Å². The van der Waals surface area contributed by atoms with Crippen LogP contribution in [0.5, 0.6) is 17.2 Å². The standard InChI is InChI=1S/C26H27N3O5/c1-5-31-24-15-20(14-21(16-27)26(30)28-25-13-19(4)34-29-25)6-7-23(24)33-9-8-32-22-11-17(2)10-18(3)12-22/h6-7,10-15H,5,8-9H2,1-4H3,(H,28,29,30). The second kappa shape index (κ2) is 11.6. The van der Waals surface area contributed by atoms with E-state index in [9.17, 15) is 10.1 Å². The quantitative estimate of drug-likeness (QED) is 0.257. The van der Waals surface area contributed by atoms with Gasteiger partial charge in [-0.3, -0.25) is 4.79 Å². The van der Waals surface area contributed by atoms with Crippen LogP contribution < -0.4 is 19.5 Å². The summed E-state index contributed by atoms with van der Waals surface area (Å²) in [5.74, 6) is 2.06. The zero-order valence-electron chi connectivity index (χ0n) is 19.7. The van der Waals surface area contributed by atoms with Gasteiger partial charge in [0, 0.05) is 6.07 Å². The van der Waals surface area contributed by atoms with Crippen molar-refractivity contribution in [1.29, 1.82) is 5.26 Å². The Morgan fingerprint density at radius 3 is 2.41 bits per heavy atom. The van der Waals surface area contributed by atoms with E-state index in [1.807, 2.05) is 39.0 Å². The average molecular weight is 462 g/mol. The first-order chi connectivity index (χ1) is 16.4. The molecule has 8 heteroatoms. The summed E-state index contributed by atoms with van der Waals surface area (Å²) in [5.41, 5.74) is 2.81. The molecule has 0 saturated carbocycles. The largest absolute Gasteiger partial charge is 0.490 e. The highest BCUT2D eigenvalue weighted by atomic mass is 16.5. The van der Waals surface area contributed by atoms with Gasteiger partial charge in [-0.1, -0.05) is 17.3 Å². The lowest BCUT2D eigenvalue weighted by Gasteiger charge is -2.13. The van der Waals surface area contributed by atoms with Crippen LogP contribution in [0.3, 0.4) is 0 Å². The number of benzene rings is 2. The number of hydrogen-bond acceptors (Lipinski definition) is 7. The van der Waals surface area contributed by atoms with Crippen molar-refractivity contribution >= 4 is 17.8 Å². The molecule has 8 nitrogen and oxygen atoms in total. The molecule has 1 amide bonds. The fraction of sp³-hybridized carbons (Fsp3) is 0.269. The highest BCUT2D eigenvalue weighted by Gasteiger charge is 2.13. The van der Waals surface area contributed by atoms with Crippen LogP contribution in [-0.4, -0.2) is 30.9 Å². The number of nitrogens with one attached hydrogen (secondary N) is 1. The Morgan fingerprint density at radius 2 is 1.76 bits per heavy atom. The number of carbonyl (C=O) groups is 1. The summed E-state index contributed by atoms with van der Waals surface area (Å²) < 4.78 is 22.3. The first kappa shape index (κ1) is 24.4. The number of amides is 1. The molecule has 0 aliphatic heterocycles. The van der Waals surface area contributed by atoms with Gasteiger partial charge in [0.2, 0.25) is 0 Å². The Balaban J connectivity index is 1.66. The molecule has 3 aromatic rings. The van der Waals surface area contributed by atoms with Crippen molar-refractivity contribution in [3.8, 4) is 23.3 Å². The van der Waals surface area contributed by atoms with E-state index in [1.54, 1.807) is 31.2 Å². The number of aryl methyl sites for hydroxylation is 3. The predicted molar refractivity (Wildman–Crippen MR) is 128 cm³/mol. The molecule has 0 bridgehead atoms. The molecule has 0 atom stereocenters. The van der Waals surface area contributed by atoms with Gasteiger partial charge in [0.15, 0.2) is 17.3 Å². The summed E-state index contributed by atoms with van der Waals surface area (Å²) in [6.07, 6.45) is 1.47. The SMILES string of the molecule is CCOc1cc(C=C(C#N)C(=O)Nc2cc(C)on2)ccc1OCCOc1cc(C)cc(C)c1. The van der Waals surface area contributed by atoms with E-state index < -0.39 is 5.91 Å². The van der Waals surface area contributed by atoms with E-state index in [1.165, 1.54) is 6.08 Å². The second-order valence-electron chi connectivity index (χ2n) is 7.61. The van der Waals surface area contributed by atoms with E-state index in [-0.39, 0.29) is 11.4 Å². The lowest BCUT2D eigenvalue weighted by atomic mass is 10.1. The lowest BCUT2D eigenvalue weighted by molar-refractivity contribution is -0.112. The molecular weight excluding hydrogens is 434 g/mol. The van der Waals surface area contributed by atoms with Gasteiger partial charge in [0.1, 0.15) is 36.4 Å². The van der Waals surface area contributed by atoms with E-state index in [2.05, 4.69) is 16.5 Å². The van der Waals surface area contributed by atoms with Gasteiger partial charge in [-0.05, 0) is 74.7 Å². The van der Waals surface area contributed by atoms with Crippen LogP contribution in [0, 0.1) is 32.1 Å². The molecule has 0 aliphatic carbocycles. The summed E-state index contributed by atoms with van der Waals surface area (Å²) >= 11 is 0. The Labute approximate surface area is 198 Å². The zero-order valence-corrected chi connectivity index (χ0v) is 19.7. The van der Waals surface area contributed by atoms with E-state index >= 15 is 0 Å². The third kappa shape index (κ3) is 6.87. The molecule has 176 valence electrons. The monoisotopic (exact) mass is 461 g/mol. The van der Waals surface area contributed by atoms with Gasteiger partial charge < -0.3 is 24.1 Å². The molecular formula is C26H27N3O5. The molecule has 0 saturated heterocycles. The summed E-state index contributed by atoms with van der Waals surface area (Å²) in [7, 11) is 0. The minimum absolute atomic E-state index is 0.0846. The Kier molecular flexibility index (Phi) is 8.30. The first-order valence-electron chi connectivity index (χ1n) is 10.8. The number of nitriles is 1. The number of rotatable bonds is 10. The first-order valence-corrected chi connectivity index (χ1v) is 10.8. The maximum absolute atomic E-state index is 12.4. The molecule has 0 aliphatic rings. The van der Waals surface area contributed by atoms with Crippen LogP contribution in [-0.2, 0) is 4.79 Å². The minimum atomic E-state index is -0.586. The van der Waals surface area contributed by atoms with Crippen molar-refractivity contribution in [3.63, 3.8) is 0 Å². The van der Waals surface area contributed by atoms with Crippen LogP contribution in [0.1, 0.15) is 29.4 Å². The van der Waals surface area contributed by atoms with Crippen molar-refractivity contribution in [2.24, 2.45) is 0 Å². The minimum Gasteiger partial charge on any atom is -0.490 e. The molecule has 0 spiro atoms. The molecule has 0 fully saturated rings. The van der Waals surface area contributed by atoms with Crippen molar-refractivity contribution in [2.45, 2.75) is 27.7 Å². The van der Waals surface area contributed by atoms with E-state index in [0.29, 0.717) is 42.6 Å². The highest BCUT2D eigenvalue weighted by molar-refractivity contribution is 6.09. The maximum Gasteiger partial charge on any atom is 0.267 e. The number of carbonyl (C=O) groups excluding carboxylic acids is 1. The number of ether oxygens (including phenoxy) is 3. The molecule has 0 unspecified atom stereocenters. The third-order valence-corrected chi connectivity index (χ3v) is 4.62. The Morgan fingerprint density at radius 1 is 1.03 bits per heavy atom. The molecule has 3 rings (SSSR count). The van der Waals surface area contributed by atoms with Crippen LogP contribution in [0.2, 0.25) is 0 Å². The normalized spacial score (nSPS) is 11.0. The van der Waals surface area contributed by atoms with Crippen LogP contribution in [0.25, 0.3) is 6.08 Å². The van der Waals surface area contributed by atoms with Gasteiger partial charge >= 0.3 is 0 Å². The van der Waals surface area contributed by atoms with Gasteiger partial charge in [-0.25, -0.2) is 0 Å². The fourth-order valence-electron chi connectivity index (χ4n) is 3.25. The third-order valence-electron chi connectivity index (χ3n) is 4.62. The maximum atomic E-state index is 12.4. The highest BCUT2D eigenvalue weighted by Crippen LogP contribution is 2.29. The molecule has 1 aromatic heterocycles.